The normalized spacial score (nSPS) is 17.1. The number of hydrogen-bond acceptors (Lipinski definition) is 5. The van der Waals surface area contributed by atoms with Crippen LogP contribution in [0.5, 0.6) is 5.75 Å². The van der Waals surface area contributed by atoms with Gasteiger partial charge in [0.2, 0.25) is 0 Å². The van der Waals surface area contributed by atoms with Gasteiger partial charge >= 0.3 is 0 Å². The summed E-state index contributed by atoms with van der Waals surface area (Å²) >= 11 is 6.58. The average Bonchev–Trinajstić information content (AvgIpc) is 3.25. The third kappa shape index (κ3) is 6.99. The molecule has 0 bridgehead atoms. The summed E-state index contributed by atoms with van der Waals surface area (Å²) in [4.78, 5) is 30.5. The number of benzene rings is 2. The van der Waals surface area contributed by atoms with Crippen molar-refractivity contribution in [1.82, 2.24) is 20.0 Å². The van der Waals surface area contributed by atoms with Crippen LogP contribution in [0.1, 0.15) is 72.3 Å². The number of aromatic nitrogens is 2. The number of nitrogens with zero attached hydrogens (tertiary/aromatic N) is 3. The third-order valence-electron chi connectivity index (χ3n) is 8.63. The second-order valence-corrected chi connectivity index (χ2v) is 11.5. The van der Waals surface area contributed by atoms with Crippen molar-refractivity contribution in [3.8, 4) is 5.75 Å². The van der Waals surface area contributed by atoms with Gasteiger partial charge in [-0.2, -0.15) is 0 Å². The van der Waals surface area contributed by atoms with Crippen LogP contribution in [0.4, 0.5) is 5.69 Å². The summed E-state index contributed by atoms with van der Waals surface area (Å²) in [6.07, 6.45) is 4.37. The molecule has 0 aliphatic heterocycles. The van der Waals surface area contributed by atoms with E-state index < -0.39 is 0 Å². The van der Waals surface area contributed by atoms with E-state index in [9.17, 15) is 9.59 Å². The Hall–Kier alpha value is -3.23. The molecule has 0 radical (unpaired) electrons. The maximum atomic E-state index is 13.3. The van der Waals surface area contributed by atoms with Crippen molar-refractivity contribution in [2.75, 3.05) is 25.6 Å². The van der Waals surface area contributed by atoms with E-state index in [4.69, 9.17) is 16.3 Å². The number of carbonyl (C=O) groups excluding carboxylic acids is 1. The highest BCUT2D eigenvalue weighted by Crippen LogP contribution is 2.34. The first-order valence-electron chi connectivity index (χ1n) is 14.6. The molecule has 1 aliphatic carbocycles. The monoisotopic (exact) mass is 581 g/mol. The fourth-order valence-electron chi connectivity index (χ4n) is 6.21. The van der Waals surface area contributed by atoms with Crippen molar-refractivity contribution in [2.24, 2.45) is 0 Å². The Bertz CT molecular complexity index is 1410. The molecule has 4 rings (SSSR count). The third-order valence-corrected chi connectivity index (χ3v) is 8.85. The second-order valence-electron chi connectivity index (χ2n) is 11.0. The minimum Gasteiger partial charge on any atom is -0.497 e. The summed E-state index contributed by atoms with van der Waals surface area (Å²) < 4.78 is 7.18. The van der Waals surface area contributed by atoms with Gasteiger partial charge in [0, 0.05) is 53.7 Å². The molecule has 1 heterocycles. The highest BCUT2D eigenvalue weighted by atomic mass is 35.5. The molecular formula is C32H44ClN5O3. The summed E-state index contributed by atoms with van der Waals surface area (Å²) in [6.45, 7) is 10.6. The number of rotatable bonds is 11. The predicted octanol–water partition coefficient (Wildman–Crippen LogP) is 5.67. The van der Waals surface area contributed by atoms with Gasteiger partial charge in [-0.25, -0.2) is 0 Å². The molecule has 0 atom stereocenters. The van der Waals surface area contributed by atoms with Gasteiger partial charge in [-0.05, 0) is 95.8 Å². The number of H-pyrrole nitrogens is 1. The summed E-state index contributed by atoms with van der Waals surface area (Å²) in [7, 11) is 3.91. The molecule has 1 amide bonds. The van der Waals surface area contributed by atoms with Crippen LogP contribution in [-0.2, 0) is 19.6 Å². The number of hydrogen-bond donors (Lipinski definition) is 2. The fraction of sp³-hybridized carbons (Fsp3) is 0.500. The Kier molecular flexibility index (Phi) is 10.2. The highest BCUT2D eigenvalue weighted by Gasteiger charge is 2.29. The lowest BCUT2D eigenvalue weighted by atomic mass is 9.88. The van der Waals surface area contributed by atoms with Crippen LogP contribution in [0, 0.1) is 13.8 Å². The average molecular weight is 582 g/mol. The molecule has 2 aromatic carbocycles. The molecular weight excluding hydrogens is 538 g/mol. The van der Waals surface area contributed by atoms with E-state index in [1.54, 1.807) is 17.9 Å². The van der Waals surface area contributed by atoms with E-state index in [1.165, 1.54) is 5.56 Å². The number of nitrogens with one attached hydrogen (secondary N) is 2. The maximum absolute atomic E-state index is 13.3. The van der Waals surface area contributed by atoms with Crippen LogP contribution >= 0.6 is 11.6 Å². The van der Waals surface area contributed by atoms with E-state index >= 15 is 0 Å². The second kappa shape index (κ2) is 13.6. The lowest BCUT2D eigenvalue weighted by Gasteiger charge is -2.41. The molecule has 222 valence electrons. The van der Waals surface area contributed by atoms with Gasteiger partial charge in [0.05, 0.1) is 19.2 Å². The number of aryl methyl sites for hydroxylation is 1. The first-order valence-corrected chi connectivity index (χ1v) is 15.0. The van der Waals surface area contributed by atoms with Crippen molar-refractivity contribution >= 4 is 23.2 Å². The molecule has 0 unspecified atom stereocenters. The first kappa shape index (κ1) is 30.7. The number of anilines is 1. The minimum absolute atomic E-state index is 0.166. The summed E-state index contributed by atoms with van der Waals surface area (Å²) in [5.74, 6) is 0.663. The van der Waals surface area contributed by atoms with Gasteiger partial charge in [-0.15, -0.1) is 0 Å². The van der Waals surface area contributed by atoms with Crippen molar-refractivity contribution in [3.05, 3.63) is 79.7 Å². The van der Waals surface area contributed by atoms with Gasteiger partial charge < -0.3 is 15.0 Å². The minimum atomic E-state index is -0.228. The van der Waals surface area contributed by atoms with Gasteiger partial charge in [0.1, 0.15) is 5.75 Å². The Morgan fingerprint density at radius 3 is 2.46 bits per heavy atom. The number of halogens is 1. The van der Waals surface area contributed by atoms with E-state index in [1.807, 2.05) is 39.0 Å². The molecule has 2 N–H and O–H groups in total. The lowest BCUT2D eigenvalue weighted by Crippen LogP contribution is -2.43. The smallest absolute Gasteiger partial charge is 0.269 e. The largest absolute Gasteiger partial charge is 0.497 e. The van der Waals surface area contributed by atoms with Crippen LogP contribution in [0.2, 0.25) is 5.02 Å². The van der Waals surface area contributed by atoms with Gasteiger partial charge in [-0.3, -0.25) is 24.3 Å². The highest BCUT2D eigenvalue weighted by molar-refractivity contribution is 6.31. The van der Waals surface area contributed by atoms with Crippen molar-refractivity contribution in [1.29, 1.82) is 0 Å². The summed E-state index contributed by atoms with van der Waals surface area (Å²) in [5.41, 5.74) is 4.95. The number of amides is 1. The van der Waals surface area contributed by atoms with Crippen LogP contribution < -0.4 is 20.5 Å². The van der Waals surface area contributed by atoms with Gasteiger partial charge in [0.25, 0.3) is 11.5 Å². The molecule has 9 heteroatoms. The predicted molar refractivity (Wildman–Crippen MR) is 166 cm³/mol. The SMILES string of the molecule is CCN(c1cc(Cl)cc(C(=O)NCc2c(C)n(CC)[nH]c2=O)c1C)C1CCC(N(C)Cc2cccc(OC)c2)CC1. The Morgan fingerprint density at radius 1 is 1.12 bits per heavy atom. The van der Waals surface area contributed by atoms with E-state index in [2.05, 4.69) is 46.3 Å². The molecule has 41 heavy (non-hydrogen) atoms. The van der Waals surface area contributed by atoms with E-state index in [-0.39, 0.29) is 18.0 Å². The quantitative estimate of drug-likeness (QED) is 0.305. The van der Waals surface area contributed by atoms with Crippen LogP contribution in [0.15, 0.2) is 41.2 Å². The Morgan fingerprint density at radius 2 is 1.83 bits per heavy atom. The molecule has 1 saturated carbocycles. The zero-order valence-corrected chi connectivity index (χ0v) is 26.0. The fourth-order valence-corrected chi connectivity index (χ4v) is 6.42. The Labute approximate surface area is 248 Å². The molecule has 1 aliphatic rings. The zero-order chi connectivity index (χ0) is 29.7. The standard InChI is InChI=1S/C32H44ClN5O3/c1-7-37(26-14-12-25(13-15-26)36(5)20-23-10-9-11-27(16-23)41-6)30-18-24(33)17-28(21(30)3)31(39)34-19-29-22(4)38(8-2)35-32(29)40/h9-11,16-18,25-26H,7-8,12-15,19-20H2,1-6H3,(H,34,39)(H,35,40). The van der Waals surface area contributed by atoms with E-state index in [0.29, 0.717) is 34.8 Å². The van der Waals surface area contributed by atoms with E-state index in [0.717, 1.165) is 61.5 Å². The molecule has 8 nitrogen and oxygen atoms in total. The topological polar surface area (TPSA) is 82.6 Å². The molecule has 3 aromatic rings. The number of carbonyl (C=O) groups is 1. The zero-order valence-electron chi connectivity index (χ0n) is 25.2. The maximum Gasteiger partial charge on any atom is 0.269 e. The van der Waals surface area contributed by atoms with Crippen molar-refractivity contribution < 1.29 is 9.53 Å². The lowest BCUT2D eigenvalue weighted by molar-refractivity contribution is 0.0950. The summed E-state index contributed by atoms with van der Waals surface area (Å²) in [5, 5.41) is 6.30. The molecule has 1 aromatic heterocycles. The van der Waals surface area contributed by atoms with Gasteiger partial charge in [-0.1, -0.05) is 23.7 Å². The van der Waals surface area contributed by atoms with Crippen LogP contribution in [0.25, 0.3) is 0 Å². The number of ether oxygens (including phenoxy) is 1. The first-order chi connectivity index (χ1) is 19.7. The molecule has 0 spiro atoms. The molecule has 1 fully saturated rings. The summed E-state index contributed by atoms with van der Waals surface area (Å²) in [6, 6.07) is 12.9. The van der Waals surface area contributed by atoms with Crippen LogP contribution in [-0.4, -0.2) is 53.4 Å². The number of aromatic amines is 1. The number of methoxy groups -OCH3 is 1. The Balaban J connectivity index is 1.43. The van der Waals surface area contributed by atoms with Gasteiger partial charge in [0.15, 0.2) is 0 Å². The van der Waals surface area contributed by atoms with Crippen LogP contribution in [0.3, 0.4) is 0 Å². The molecule has 0 saturated heterocycles. The van der Waals surface area contributed by atoms with Crippen molar-refractivity contribution in [3.63, 3.8) is 0 Å². The van der Waals surface area contributed by atoms with Crippen molar-refractivity contribution in [2.45, 2.75) is 85.1 Å².